The molecule has 1 saturated heterocycles. The fourth-order valence-corrected chi connectivity index (χ4v) is 2.68. The van der Waals surface area contributed by atoms with Gasteiger partial charge in [-0.3, -0.25) is 0 Å². The van der Waals surface area contributed by atoms with Crippen LogP contribution in [0.3, 0.4) is 0 Å². The zero-order valence-electron chi connectivity index (χ0n) is 13.0. The second-order valence-electron chi connectivity index (χ2n) is 5.82. The maximum atomic E-state index is 12.1. The van der Waals surface area contributed by atoms with Crippen molar-refractivity contribution in [2.45, 2.75) is 38.3 Å². The van der Waals surface area contributed by atoms with Crippen molar-refractivity contribution in [2.24, 2.45) is 5.92 Å². The first-order valence-electron chi connectivity index (χ1n) is 7.68. The Labute approximate surface area is 133 Å². The number of hydrogen-bond donors (Lipinski definition) is 2. The highest BCUT2D eigenvalue weighted by molar-refractivity contribution is 5.27. The first-order valence-corrected chi connectivity index (χ1v) is 7.68. The molecule has 0 bridgehead atoms. The Kier molecular flexibility index (Phi) is 6.26. The van der Waals surface area contributed by atoms with E-state index in [0.29, 0.717) is 13.0 Å². The van der Waals surface area contributed by atoms with Crippen LogP contribution >= 0.6 is 0 Å². The van der Waals surface area contributed by atoms with Crippen molar-refractivity contribution in [1.29, 1.82) is 0 Å². The van der Waals surface area contributed by atoms with Crippen LogP contribution in [0.2, 0.25) is 0 Å². The molecule has 1 heterocycles. The molecular formula is C16H22F3NO3. The topological polar surface area (TPSA) is 50.7 Å². The van der Waals surface area contributed by atoms with E-state index in [1.807, 2.05) is 6.92 Å². The molecule has 1 aliphatic rings. The van der Waals surface area contributed by atoms with Crippen molar-refractivity contribution in [3.8, 4) is 5.75 Å². The fraction of sp³-hybridized carbons (Fsp3) is 0.625. The summed E-state index contributed by atoms with van der Waals surface area (Å²) in [6, 6.07) is 6.04. The molecule has 130 valence electrons. The predicted molar refractivity (Wildman–Crippen MR) is 79.2 cm³/mol. The highest BCUT2D eigenvalue weighted by atomic mass is 19.4. The standard InChI is InChI=1S/C16H22F3NO3/c1-11-15(6-7-22-11)20-9-13(10-21)8-12-2-4-14(5-3-12)23-16(17,18)19/h2-5,11,13,15,20-21H,6-10H2,1H3. The fourth-order valence-electron chi connectivity index (χ4n) is 2.68. The summed E-state index contributed by atoms with van der Waals surface area (Å²) in [6.45, 7) is 3.40. The molecule has 1 aromatic rings. The molecule has 7 heteroatoms. The molecule has 1 fully saturated rings. The number of halogens is 3. The molecule has 0 aliphatic carbocycles. The zero-order chi connectivity index (χ0) is 16.9. The first kappa shape index (κ1) is 18.0. The molecule has 0 spiro atoms. The first-order chi connectivity index (χ1) is 10.9. The van der Waals surface area contributed by atoms with Crippen molar-refractivity contribution < 1.29 is 27.8 Å². The monoisotopic (exact) mass is 333 g/mol. The Balaban J connectivity index is 1.83. The van der Waals surface area contributed by atoms with E-state index in [1.54, 1.807) is 12.1 Å². The number of rotatable bonds is 7. The Morgan fingerprint density at radius 1 is 1.35 bits per heavy atom. The summed E-state index contributed by atoms with van der Waals surface area (Å²) >= 11 is 0. The molecule has 0 amide bonds. The number of ether oxygens (including phenoxy) is 2. The lowest BCUT2D eigenvalue weighted by Gasteiger charge is -2.21. The molecule has 3 atom stereocenters. The Hall–Kier alpha value is -1.31. The van der Waals surface area contributed by atoms with E-state index in [9.17, 15) is 18.3 Å². The van der Waals surface area contributed by atoms with Gasteiger partial charge in [0.05, 0.1) is 6.10 Å². The maximum Gasteiger partial charge on any atom is 0.573 e. The largest absolute Gasteiger partial charge is 0.573 e. The van der Waals surface area contributed by atoms with E-state index in [2.05, 4.69) is 10.1 Å². The van der Waals surface area contributed by atoms with E-state index in [1.165, 1.54) is 12.1 Å². The number of alkyl halides is 3. The third-order valence-electron chi connectivity index (χ3n) is 3.98. The van der Waals surface area contributed by atoms with Crippen LogP contribution in [0.1, 0.15) is 18.9 Å². The summed E-state index contributed by atoms with van der Waals surface area (Å²) in [7, 11) is 0. The SMILES string of the molecule is CC1OCCC1NCC(CO)Cc1ccc(OC(F)(F)F)cc1. The van der Waals surface area contributed by atoms with Crippen LogP contribution < -0.4 is 10.1 Å². The molecule has 2 rings (SSSR count). The number of benzene rings is 1. The van der Waals surface area contributed by atoms with Crippen LogP contribution in [0, 0.1) is 5.92 Å². The minimum absolute atomic E-state index is 0.00261. The lowest BCUT2D eigenvalue weighted by molar-refractivity contribution is -0.274. The van der Waals surface area contributed by atoms with Crippen molar-refractivity contribution in [2.75, 3.05) is 19.8 Å². The molecule has 0 saturated carbocycles. The summed E-state index contributed by atoms with van der Waals surface area (Å²) in [5.74, 6) is -0.242. The minimum atomic E-state index is -4.68. The van der Waals surface area contributed by atoms with Gasteiger partial charge in [-0.2, -0.15) is 0 Å². The summed E-state index contributed by atoms with van der Waals surface area (Å²) in [4.78, 5) is 0. The normalized spacial score (nSPS) is 23.0. The van der Waals surface area contributed by atoms with Gasteiger partial charge in [-0.1, -0.05) is 12.1 Å². The zero-order valence-corrected chi connectivity index (χ0v) is 13.0. The molecule has 0 radical (unpaired) electrons. The molecule has 3 unspecified atom stereocenters. The molecule has 1 aliphatic heterocycles. The van der Waals surface area contributed by atoms with Gasteiger partial charge < -0.3 is 19.9 Å². The van der Waals surface area contributed by atoms with Gasteiger partial charge in [-0.05, 0) is 43.4 Å². The van der Waals surface area contributed by atoms with E-state index in [-0.39, 0.29) is 30.4 Å². The molecule has 4 nitrogen and oxygen atoms in total. The quantitative estimate of drug-likeness (QED) is 0.805. The summed E-state index contributed by atoms with van der Waals surface area (Å²) in [5.41, 5.74) is 0.857. The van der Waals surface area contributed by atoms with E-state index in [4.69, 9.17) is 4.74 Å². The molecule has 0 aromatic heterocycles. The van der Waals surface area contributed by atoms with Crippen LogP contribution in [0.25, 0.3) is 0 Å². The van der Waals surface area contributed by atoms with Crippen LogP contribution in [0.15, 0.2) is 24.3 Å². The second-order valence-corrected chi connectivity index (χ2v) is 5.82. The van der Waals surface area contributed by atoms with Crippen molar-refractivity contribution >= 4 is 0 Å². The van der Waals surface area contributed by atoms with E-state index in [0.717, 1.165) is 18.6 Å². The average molecular weight is 333 g/mol. The number of nitrogens with one attached hydrogen (secondary N) is 1. The van der Waals surface area contributed by atoms with E-state index < -0.39 is 6.36 Å². The number of aliphatic hydroxyl groups excluding tert-OH is 1. The number of hydrogen-bond acceptors (Lipinski definition) is 4. The van der Waals surface area contributed by atoms with Crippen molar-refractivity contribution in [1.82, 2.24) is 5.32 Å². The van der Waals surface area contributed by atoms with Gasteiger partial charge in [-0.25, -0.2) is 0 Å². The van der Waals surface area contributed by atoms with Gasteiger partial charge in [0, 0.05) is 25.8 Å². The minimum Gasteiger partial charge on any atom is -0.406 e. The molecule has 1 aromatic carbocycles. The van der Waals surface area contributed by atoms with Crippen molar-refractivity contribution in [3.05, 3.63) is 29.8 Å². The molecular weight excluding hydrogens is 311 g/mol. The van der Waals surface area contributed by atoms with Gasteiger partial charge >= 0.3 is 6.36 Å². The highest BCUT2D eigenvalue weighted by Gasteiger charge is 2.31. The summed E-state index contributed by atoms with van der Waals surface area (Å²) in [6.07, 6.45) is -2.99. The van der Waals surface area contributed by atoms with Crippen LogP contribution in [-0.4, -0.2) is 43.4 Å². The average Bonchev–Trinajstić information content (AvgIpc) is 2.89. The van der Waals surface area contributed by atoms with Crippen LogP contribution in [0.5, 0.6) is 5.75 Å². The third kappa shape index (κ3) is 6.01. The molecule has 23 heavy (non-hydrogen) atoms. The van der Waals surface area contributed by atoms with Gasteiger partial charge in [0.15, 0.2) is 0 Å². The highest BCUT2D eigenvalue weighted by Crippen LogP contribution is 2.23. The predicted octanol–water partition coefficient (Wildman–Crippen LogP) is 2.50. The van der Waals surface area contributed by atoms with Gasteiger partial charge in [0.2, 0.25) is 0 Å². The Bertz CT molecular complexity index is 478. The van der Waals surface area contributed by atoms with Gasteiger partial charge in [0.1, 0.15) is 5.75 Å². The van der Waals surface area contributed by atoms with Crippen LogP contribution in [-0.2, 0) is 11.2 Å². The Morgan fingerprint density at radius 2 is 2.04 bits per heavy atom. The summed E-state index contributed by atoms with van der Waals surface area (Å²) in [5, 5.41) is 12.9. The summed E-state index contributed by atoms with van der Waals surface area (Å²) < 4.78 is 45.6. The lowest BCUT2D eigenvalue weighted by Crippen LogP contribution is -2.39. The van der Waals surface area contributed by atoms with Gasteiger partial charge in [-0.15, -0.1) is 13.2 Å². The van der Waals surface area contributed by atoms with Crippen molar-refractivity contribution in [3.63, 3.8) is 0 Å². The van der Waals surface area contributed by atoms with Gasteiger partial charge in [0.25, 0.3) is 0 Å². The third-order valence-corrected chi connectivity index (χ3v) is 3.98. The smallest absolute Gasteiger partial charge is 0.406 e. The second kappa shape index (κ2) is 7.99. The van der Waals surface area contributed by atoms with E-state index >= 15 is 0 Å². The Morgan fingerprint density at radius 3 is 2.57 bits per heavy atom. The maximum absolute atomic E-state index is 12.1. The lowest BCUT2D eigenvalue weighted by atomic mass is 9.99. The number of aliphatic hydroxyl groups is 1. The van der Waals surface area contributed by atoms with Crippen LogP contribution in [0.4, 0.5) is 13.2 Å². The molecule has 2 N–H and O–H groups in total.